The zero-order valence-electron chi connectivity index (χ0n) is 10.2. The van der Waals surface area contributed by atoms with Crippen LogP contribution in [0.3, 0.4) is 0 Å². The Kier molecular flexibility index (Phi) is 5.78. The van der Waals surface area contributed by atoms with Gasteiger partial charge in [-0.15, -0.1) is 0 Å². The molecule has 0 aromatic carbocycles. The fraction of sp³-hybridized carbons (Fsp3) is 0.667. The van der Waals surface area contributed by atoms with Gasteiger partial charge in [-0.05, 0) is 19.9 Å². The van der Waals surface area contributed by atoms with E-state index in [2.05, 4.69) is 17.2 Å². The van der Waals surface area contributed by atoms with Gasteiger partial charge in [-0.3, -0.25) is 9.36 Å². The molecular formula is C12H21N3O. The largest absolute Gasteiger partial charge is 0.315 e. The van der Waals surface area contributed by atoms with Crippen molar-refractivity contribution in [3.63, 3.8) is 0 Å². The third-order valence-electron chi connectivity index (χ3n) is 2.50. The number of rotatable bonds is 7. The van der Waals surface area contributed by atoms with Crippen LogP contribution >= 0.6 is 0 Å². The molecule has 4 heteroatoms. The minimum atomic E-state index is 0.0304. The second-order valence-corrected chi connectivity index (χ2v) is 4.02. The average molecular weight is 223 g/mol. The Morgan fingerprint density at radius 2 is 2.19 bits per heavy atom. The molecule has 0 aliphatic heterocycles. The van der Waals surface area contributed by atoms with Crippen molar-refractivity contribution in [1.82, 2.24) is 14.9 Å². The summed E-state index contributed by atoms with van der Waals surface area (Å²) >= 11 is 0. The van der Waals surface area contributed by atoms with Gasteiger partial charge in [0.1, 0.15) is 0 Å². The van der Waals surface area contributed by atoms with Gasteiger partial charge >= 0.3 is 0 Å². The van der Waals surface area contributed by atoms with Crippen molar-refractivity contribution >= 4 is 0 Å². The van der Waals surface area contributed by atoms with Gasteiger partial charge in [0.15, 0.2) is 0 Å². The first kappa shape index (κ1) is 12.9. The molecule has 0 aliphatic rings. The lowest BCUT2D eigenvalue weighted by molar-refractivity contribution is 0.556. The maximum atomic E-state index is 11.5. The SMILES string of the molecule is CCCCCNCCn1cnc(C)cc1=O. The molecule has 0 bridgehead atoms. The monoisotopic (exact) mass is 223 g/mol. The van der Waals surface area contributed by atoms with Gasteiger partial charge in [0.2, 0.25) is 0 Å². The van der Waals surface area contributed by atoms with E-state index in [1.807, 2.05) is 6.92 Å². The van der Waals surface area contributed by atoms with Gasteiger partial charge < -0.3 is 5.32 Å². The second-order valence-electron chi connectivity index (χ2n) is 4.02. The van der Waals surface area contributed by atoms with Crippen molar-refractivity contribution in [2.45, 2.75) is 39.7 Å². The van der Waals surface area contributed by atoms with E-state index in [1.165, 1.54) is 19.3 Å². The van der Waals surface area contributed by atoms with E-state index in [1.54, 1.807) is 17.0 Å². The normalized spacial score (nSPS) is 10.6. The zero-order valence-corrected chi connectivity index (χ0v) is 10.2. The van der Waals surface area contributed by atoms with Gasteiger partial charge in [-0.25, -0.2) is 4.98 Å². The molecule has 0 fully saturated rings. The highest BCUT2D eigenvalue weighted by atomic mass is 16.1. The highest BCUT2D eigenvalue weighted by Crippen LogP contribution is 1.90. The van der Waals surface area contributed by atoms with E-state index in [-0.39, 0.29) is 5.56 Å². The number of nitrogens with one attached hydrogen (secondary N) is 1. The van der Waals surface area contributed by atoms with Crippen molar-refractivity contribution in [2.24, 2.45) is 0 Å². The highest BCUT2D eigenvalue weighted by Gasteiger charge is 1.96. The van der Waals surface area contributed by atoms with Crippen LogP contribution in [-0.2, 0) is 6.54 Å². The van der Waals surface area contributed by atoms with Gasteiger partial charge in [0, 0.05) is 24.8 Å². The summed E-state index contributed by atoms with van der Waals surface area (Å²) < 4.78 is 1.64. The molecule has 90 valence electrons. The number of aromatic nitrogens is 2. The van der Waals surface area contributed by atoms with Gasteiger partial charge in [0.05, 0.1) is 6.33 Å². The third-order valence-corrected chi connectivity index (χ3v) is 2.50. The van der Waals surface area contributed by atoms with Crippen molar-refractivity contribution in [2.75, 3.05) is 13.1 Å². The predicted molar refractivity (Wildman–Crippen MR) is 65.6 cm³/mol. The summed E-state index contributed by atoms with van der Waals surface area (Å²) in [7, 11) is 0. The maximum Gasteiger partial charge on any atom is 0.253 e. The van der Waals surface area contributed by atoms with E-state index < -0.39 is 0 Å². The van der Waals surface area contributed by atoms with E-state index in [4.69, 9.17) is 0 Å². The molecule has 1 N–H and O–H groups in total. The molecule has 0 atom stereocenters. The number of nitrogens with zero attached hydrogens (tertiary/aromatic N) is 2. The molecule has 1 rings (SSSR count). The Morgan fingerprint density at radius 1 is 1.38 bits per heavy atom. The topological polar surface area (TPSA) is 46.9 Å². The van der Waals surface area contributed by atoms with Crippen LogP contribution in [0.15, 0.2) is 17.2 Å². The summed E-state index contributed by atoms with van der Waals surface area (Å²) in [5.74, 6) is 0. The summed E-state index contributed by atoms with van der Waals surface area (Å²) in [6.45, 7) is 6.57. The van der Waals surface area contributed by atoms with Gasteiger partial charge in [0.25, 0.3) is 5.56 Å². The van der Waals surface area contributed by atoms with Gasteiger partial charge in [-0.2, -0.15) is 0 Å². The Labute approximate surface area is 96.7 Å². The number of unbranched alkanes of at least 4 members (excludes halogenated alkanes) is 2. The summed E-state index contributed by atoms with van der Waals surface area (Å²) in [4.78, 5) is 15.6. The third kappa shape index (κ3) is 4.57. The first-order valence-corrected chi connectivity index (χ1v) is 5.98. The van der Waals surface area contributed by atoms with Crippen LogP contribution in [0, 0.1) is 6.92 Å². The molecule has 1 heterocycles. The van der Waals surface area contributed by atoms with Crippen LogP contribution in [-0.4, -0.2) is 22.6 Å². The second kappa shape index (κ2) is 7.17. The van der Waals surface area contributed by atoms with Crippen LogP contribution in [0.25, 0.3) is 0 Å². The predicted octanol–water partition coefficient (Wildman–Crippen LogP) is 1.33. The summed E-state index contributed by atoms with van der Waals surface area (Å²) in [6.07, 6.45) is 5.32. The molecule has 16 heavy (non-hydrogen) atoms. The molecule has 0 saturated heterocycles. The molecule has 0 unspecified atom stereocenters. The highest BCUT2D eigenvalue weighted by molar-refractivity contribution is 4.95. The molecule has 0 spiro atoms. The fourth-order valence-corrected chi connectivity index (χ4v) is 1.51. The van der Waals surface area contributed by atoms with Crippen molar-refractivity contribution < 1.29 is 0 Å². The molecular weight excluding hydrogens is 202 g/mol. The van der Waals surface area contributed by atoms with Crippen molar-refractivity contribution in [1.29, 1.82) is 0 Å². The number of hydrogen-bond donors (Lipinski definition) is 1. The summed E-state index contributed by atoms with van der Waals surface area (Å²) in [6, 6.07) is 1.57. The Bertz CT molecular complexity index is 360. The summed E-state index contributed by atoms with van der Waals surface area (Å²) in [5.41, 5.74) is 0.806. The lowest BCUT2D eigenvalue weighted by Crippen LogP contribution is -2.27. The molecule has 0 aliphatic carbocycles. The Morgan fingerprint density at radius 3 is 2.88 bits per heavy atom. The first-order chi connectivity index (χ1) is 7.74. The fourth-order valence-electron chi connectivity index (χ4n) is 1.51. The number of hydrogen-bond acceptors (Lipinski definition) is 3. The standard InChI is InChI=1S/C12H21N3O/c1-3-4-5-6-13-7-8-15-10-14-11(2)9-12(15)16/h9-10,13H,3-8H2,1-2H3. The average Bonchev–Trinajstić information content (AvgIpc) is 2.26. The first-order valence-electron chi connectivity index (χ1n) is 5.98. The smallest absolute Gasteiger partial charge is 0.253 e. The lowest BCUT2D eigenvalue weighted by atomic mass is 10.2. The van der Waals surface area contributed by atoms with Crippen LogP contribution in [0.2, 0.25) is 0 Å². The van der Waals surface area contributed by atoms with E-state index in [9.17, 15) is 4.79 Å². The van der Waals surface area contributed by atoms with Crippen LogP contribution in [0.4, 0.5) is 0 Å². The molecule has 4 nitrogen and oxygen atoms in total. The van der Waals surface area contributed by atoms with E-state index in [0.717, 1.165) is 18.8 Å². The molecule has 0 radical (unpaired) electrons. The molecule has 1 aromatic rings. The number of aryl methyl sites for hydroxylation is 1. The Hall–Kier alpha value is -1.16. The quantitative estimate of drug-likeness (QED) is 0.709. The van der Waals surface area contributed by atoms with E-state index in [0.29, 0.717) is 6.54 Å². The van der Waals surface area contributed by atoms with Crippen LogP contribution < -0.4 is 10.9 Å². The molecule has 1 aromatic heterocycles. The van der Waals surface area contributed by atoms with Gasteiger partial charge in [-0.1, -0.05) is 19.8 Å². The zero-order chi connectivity index (χ0) is 11.8. The molecule has 0 amide bonds. The minimum absolute atomic E-state index is 0.0304. The van der Waals surface area contributed by atoms with Crippen LogP contribution in [0.1, 0.15) is 31.9 Å². The van der Waals surface area contributed by atoms with Crippen molar-refractivity contribution in [3.8, 4) is 0 Å². The van der Waals surface area contributed by atoms with Crippen LogP contribution in [0.5, 0.6) is 0 Å². The molecule has 0 saturated carbocycles. The summed E-state index contributed by atoms with van der Waals surface area (Å²) in [5, 5.41) is 3.32. The van der Waals surface area contributed by atoms with E-state index >= 15 is 0 Å². The van der Waals surface area contributed by atoms with Crippen molar-refractivity contribution in [3.05, 3.63) is 28.4 Å². The lowest BCUT2D eigenvalue weighted by Gasteiger charge is -2.06. The Balaban J connectivity index is 2.24. The maximum absolute atomic E-state index is 11.5. The minimum Gasteiger partial charge on any atom is -0.315 e.